The van der Waals surface area contributed by atoms with Gasteiger partial charge >= 0.3 is 0 Å². The number of nitrogens with one attached hydrogen (secondary N) is 1. The van der Waals surface area contributed by atoms with E-state index in [0.717, 1.165) is 18.9 Å². The summed E-state index contributed by atoms with van der Waals surface area (Å²) in [6.45, 7) is 8.14. The van der Waals surface area contributed by atoms with Gasteiger partial charge in [0.2, 0.25) is 0 Å². The van der Waals surface area contributed by atoms with Crippen LogP contribution in [0.1, 0.15) is 50.3 Å². The van der Waals surface area contributed by atoms with Crippen molar-refractivity contribution >= 4 is 0 Å². The molecule has 2 rings (SSSR count). The van der Waals surface area contributed by atoms with Gasteiger partial charge in [0.05, 0.1) is 0 Å². The molecule has 2 heteroatoms. The van der Waals surface area contributed by atoms with Crippen molar-refractivity contribution in [2.75, 3.05) is 26.7 Å². The van der Waals surface area contributed by atoms with Gasteiger partial charge in [-0.25, -0.2) is 0 Å². The Morgan fingerprint density at radius 3 is 2.40 bits per heavy atom. The molecule has 2 nitrogen and oxygen atoms in total. The summed E-state index contributed by atoms with van der Waals surface area (Å²) in [6, 6.07) is 9.57. The molecule has 0 radical (unpaired) electrons. The molecular weight excluding hydrogens is 244 g/mol. The highest BCUT2D eigenvalue weighted by Gasteiger charge is 2.25. The monoisotopic (exact) mass is 274 g/mol. The highest BCUT2D eigenvalue weighted by Crippen LogP contribution is 2.30. The van der Waals surface area contributed by atoms with E-state index in [0.29, 0.717) is 6.04 Å². The van der Waals surface area contributed by atoms with Crippen LogP contribution < -0.4 is 5.32 Å². The van der Waals surface area contributed by atoms with E-state index in [1.54, 1.807) is 0 Å². The van der Waals surface area contributed by atoms with Crippen LogP contribution in [0.4, 0.5) is 0 Å². The molecule has 0 aliphatic heterocycles. The van der Waals surface area contributed by atoms with E-state index in [-0.39, 0.29) is 0 Å². The van der Waals surface area contributed by atoms with Crippen molar-refractivity contribution in [2.24, 2.45) is 5.92 Å². The molecule has 0 spiro atoms. The Labute approximate surface area is 124 Å². The Balaban J connectivity index is 1.97. The lowest BCUT2D eigenvalue weighted by atomic mass is 10.0. The summed E-state index contributed by atoms with van der Waals surface area (Å²) in [7, 11) is 2.08. The minimum absolute atomic E-state index is 0.450. The fourth-order valence-electron chi connectivity index (χ4n) is 2.85. The maximum Gasteiger partial charge on any atom is 0.0446 e. The SMILES string of the molecule is CCCN(CC1CC1)CC(NC)c1ccc(CC)cc1. The maximum atomic E-state index is 3.50. The molecular formula is C18H30N2. The second-order valence-electron chi connectivity index (χ2n) is 6.14. The molecule has 1 saturated carbocycles. The summed E-state index contributed by atoms with van der Waals surface area (Å²) in [5.41, 5.74) is 2.84. The molecule has 1 fully saturated rings. The first kappa shape index (κ1) is 15.5. The van der Waals surface area contributed by atoms with Crippen LogP contribution in [0.5, 0.6) is 0 Å². The van der Waals surface area contributed by atoms with Crippen molar-refractivity contribution in [1.82, 2.24) is 10.2 Å². The van der Waals surface area contributed by atoms with Crippen LogP contribution in [0.2, 0.25) is 0 Å². The van der Waals surface area contributed by atoms with Crippen LogP contribution in [0.15, 0.2) is 24.3 Å². The quantitative estimate of drug-likeness (QED) is 0.740. The predicted molar refractivity (Wildman–Crippen MR) is 87.1 cm³/mol. The highest BCUT2D eigenvalue weighted by molar-refractivity contribution is 5.25. The molecule has 0 saturated heterocycles. The fraction of sp³-hybridized carbons (Fsp3) is 0.667. The number of hydrogen-bond acceptors (Lipinski definition) is 2. The van der Waals surface area contributed by atoms with Crippen LogP contribution in [-0.2, 0) is 6.42 Å². The molecule has 1 aromatic rings. The predicted octanol–water partition coefficient (Wildman–Crippen LogP) is 3.63. The summed E-state index contributed by atoms with van der Waals surface area (Å²) < 4.78 is 0. The minimum Gasteiger partial charge on any atom is -0.312 e. The van der Waals surface area contributed by atoms with Crippen LogP contribution in [0.3, 0.4) is 0 Å². The molecule has 20 heavy (non-hydrogen) atoms. The standard InChI is InChI=1S/C18H30N2/c1-4-12-20(13-16-6-7-16)14-18(19-3)17-10-8-15(5-2)9-11-17/h8-11,16,18-19H,4-7,12-14H2,1-3H3. The summed E-state index contributed by atoms with van der Waals surface area (Å²) in [5, 5.41) is 3.50. The molecule has 112 valence electrons. The van der Waals surface area contributed by atoms with Gasteiger partial charge in [0.15, 0.2) is 0 Å². The zero-order valence-electron chi connectivity index (χ0n) is 13.4. The number of benzene rings is 1. The maximum absolute atomic E-state index is 3.50. The molecule has 1 aliphatic carbocycles. The van der Waals surface area contributed by atoms with Crippen molar-refractivity contribution < 1.29 is 0 Å². The van der Waals surface area contributed by atoms with Gasteiger partial charge < -0.3 is 10.2 Å². The number of hydrogen-bond donors (Lipinski definition) is 1. The molecule has 0 heterocycles. The molecule has 1 atom stereocenters. The lowest BCUT2D eigenvalue weighted by molar-refractivity contribution is 0.237. The van der Waals surface area contributed by atoms with Crippen LogP contribution in [0.25, 0.3) is 0 Å². The van der Waals surface area contributed by atoms with Gasteiger partial charge in [0.1, 0.15) is 0 Å². The van der Waals surface area contributed by atoms with Gasteiger partial charge in [-0.2, -0.15) is 0 Å². The van der Waals surface area contributed by atoms with Crippen LogP contribution in [0, 0.1) is 5.92 Å². The average Bonchev–Trinajstić information content (AvgIpc) is 3.29. The van der Waals surface area contributed by atoms with Crippen molar-refractivity contribution in [1.29, 1.82) is 0 Å². The number of aryl methyl sites for hydroxylation is 1. The van der Waals surface area contributed by atoms with Gasteiger partial charge in [-0.15, -0.1) is 0 Å². The first-order valence-electron chi connectivity index (χ1n) is 8.25. The molecule has 1 aliphatic rings. The lowest BCUT2D eigenvalue weighted by Gasteiger charge is -2.27. The van der Waals surface area contributed by atoms with Crippen molar-refractivity contribution in [3.05, 3.63) is 35.4 Å². The number of rotatable bonds is 9. The van der Waals surface area contributed by atoms with E-state index in [4.69, 9.17) is 0 Å². The van der Waals surface area contributed by atoms with E-state index >= 15 is 0 Å². The minimum atomic E-state index is 0.450. The second-order valence-corrected chi connectivity index (χ2v) is 6.14. The topological polar surface area (TPSA) is 15.3 Å². The molecule has 1 aromatic carbocycles. The molecule has 1 N–H and O–H groups in total. The zero-order chi connectivity index (χ0) is 14.4. The third-order valence-corrected chi connectivity index (χ3v) is 4.33. The Hall–Kier alpha value is -0.860. The third-order valence-electron chi connectivity index (χ3n) is 4.33. The Kier molecular flexibility index (Phi) is 6.06. The van der Waals surface area contributed by atoms with Gasteiger partial charge in [0, 0.05) is 19.1 Å². The normalized spacial score (nSPS) is 16.6. The number of nitrogens with zero attached hydrogens (tertiary/aromatic N) is 1. The molecule has 0 amide bonds. The number of likely N-dealkylation sites (N-methyl/N-ethyl adjacent to an activating group) is 1. The first-order valence-corrected chi connectivity index (χ1v) is 8.25. The second kappa shape index (κ2) is 7.80. The molecule has 0 bridgehead atoms. The average molecular weight is 274 g/mol. The van der Waals surface area contributed by atoms with Gasteiger partial charge in [-0.3, -0.25) is 0 Å². The molecule has 1 unspecified atom stereocenters. The summed E-state index contributed by atoms with van der Waals surface area (Å²) in [6.07, 6.45) is 5.25. The zero-order valence-corrected chi connectivity index (χ0v) is 13.4. The Morgan fingerprint density at radius 2 is 1.90 bits per heavy atom. The van der Waals surface area contributed by atoms with Gasteiger partial charge in [-0.05, 0) is 56.3 Å². The summed E-state index contributed by atoms with van der Waals surface area (Å²) in [4.78, 5) is 2.65. The van der Waals surface area contributed by atoms with Crippen LogP contribution in [-0.4, -0.2) is 31.6 Å². The Bertz CT molecular complexity index is 381. The highest BCUT2D eigenvalue weighted by atomic mass is 15.1. The Morgan fingerprint density at radius 1 is 1.20 bits per heavy atom. The first-order chi connectivity index (χ1) is 9.76. The van der Waals surface area contributed by atoms with E-state index < -0.39 is 0 Å². The van der Waals surface area contributed by atoms with Crippen molar-refractivity contribution in [2.45, 2.75) is 45.6 Å². The summed E-state index contributed by atoms with van der Waals surface area (Å²) in [5.74, 6) is 0.974. The smallest absolute Gasteiger partial charge is 0.0446 e. The fourth-order valence-corrected chi connectivity index (χ4v) is 2.85. The van der Waals surface area contributed by atoms with E-state index in [1.807, 2.05) is 0 Å². The van der Waals surface area contributed by atoms with Gasteiger partial charge in [-0.1, -0.05) is 38.1 Å². The third kappa shape index (κ3) is 4.60. The largest absolute Gasteiger partial charge is 0.312 e. The lowest BCUT2D eigenvalue weighted by Crippen LogP contribution is -2.35. The van der Waals surface area contributed by atoms with E-state index in [2.05, 4.69) is 55.4 Å². The van der Waals surface area contributed by atoms with Gasteiger partial charge in [0.25, 0.3) is 0 Å². The molecule has 0 aromatic heterocycles. The van der Waals surface area contributed by atoms with E-state index in [1.165, 1.54) is 43.5 Å². The van der Waals surface area contributed by atoms with E-state index in [9.17, 15) is 0 Å². The van der Waals surface area contributed by atoms with Crippen LogP contribution >= 0.6 is 0 Å². The van der Waals surface area contributed by atoms with Crippen molar-refractivity contribution in [3.8, 4) is 0 Å². The summed E-state index contributed by atoms with van der Waals surface area (Å²) >= 11 is 0. The van der Waals surface area contributed by atoms with Crippen molar-refractivity contribution in [3.63, 3.8) is 0 Å².